The molecular weight excluding hydrogens is 343 g/mol. The molecule has 0 amide bonds. The van der Waals surface area contributed by atoms with Crippen LogP contribution in [0.2, 0.25) is 0 Å². The topological polar surface area (TPSA) is 56.3 Å². The Morgan fingerprint density at radius 1 is 0.958 bits per heavy atom. The molecule has 0 unspecified atom stereocenters. The Labute approximate surface area is 135 Å². The van der Waals surface area contributed by atoms with Crippen molar-refractivity contribution >= 4 is 20.9 Å². The first kappa shape index (κ1) is 16.3. The molecule has 24 heavy (non-hydrogen) atoms. The summed E-state index contributed by atoms with van der Waals surface area (Å²) in [5.74, 6) is -0.405. The van der Waals surface area contributed by atoms with Gasteiger partial charge in [0, 0.05) is 17.8 Å². The van der Waals surface area contributed by atoms with Gasteiger partial charge in [0.25, 0.3) is 0 Å². The number of alkyl halides is 3. The van der Waals surface area contributed by atoms with E-state index in [4.69, 9.17) is 0 Å². The zero-order chi connectivity index (χ0) is 17.4. The van der Waals surface area contributed by atoms with E-state index in [1.54, 1.807) is 12.4 Å². The van der Waals surface area contributed by atoms with E-state index in [1.165, 1.54) is 24.3 Å². The third-order valence-corrected chi connectivity index (χ3v) is 4.31. The van der Waals surface area contributed by atoms with Crippen molar-refractivity contribution in [2.45, 2.75) is 5.51 Å². The number of pyridine rings is 1. The van der Waals surface area contributed by atoms with Crippen LogP contribution in [0.25, 0.3) is 21.9 Å². The van der Waals surface area contributed by atoms with Crippen LogP contribution in [0.3, 0.4) is 0 Å². The minimum Gasteiger partial charge on any atom is -0.376 e. The summed E-state index contributed by atoms with van der Waals surface area (Å²) in [6.07, 6.45) is 3.34. The molecule has 1 aromatic heterocycles. The van der Waals surface area contributed by atoms with Crippen LogP contribution >= 0.6 is 0 Å². The van der Waals surface area contributed by atoms with Gasteiger partial charge in [0.05, 0.1) is 0 Å². The summed E-state index contributed by atoms with van der Waals surface area (Å²) in [5, 5.41) is 1.83. The van der Waals surface area contributed by atoms with Crippen LogP contribution in [0.5, 0.6) is 5.75 Å². The molecule has 0 saturated carbocycles. The van der Waals surface area contributed by atoms with Gasteiger partial charge in [-0.1, -0.05) is 30.3 Å². The van der Waals surface area contributed by atoms with Crippen LogP contribution in [0.4, 0.5) is 13.2 Å². The Morgan fingerprint density at radius 2 is 1.67 bits per heavy atom. The van der Waals surface area contributed by atoms with Gasteiger partial charge in [-0.15, -0.1) is 0 Å². The van der Waals surface area contributed by atoms with Crippen molar-refractivity contribution in [2.24, 2.45) is 0 Å². The van der Waals surface area contributed by atoms with Crippen LogP contribution < -0.4 is 4.18 Å². The highest BCUT2D eigenvalue weighted by Gasteiger charge is 2.48. The van der Waals surface area contributed by atoms with Gasteiger partial charge in [-0.2, -0.15) is 21.6 Å². The van der Waals surface area contributed by atoms with E-state index in [0.717, 1.165) is 16.3 Å². The molecule has 0 aliphatic rings. The highest BCUT2D eigenvalue weighted by atomic mass is 32.2. The lowest BCUT2D eigenvalue weighted by Gasteiger charge is -2.10. The zero-order valence-electron chi connectivity index (χ0n) is 12.0. The molecule has 0 spiro atoms. The Hall–Kier alpha value is -2.61. The minimum absolute atomic E-state index is 0.405. The smallest absolute Gasteiger partial charge is 0.376 e. The lowest BCUT2D eigenvalue weighted by Crippen LogP contribution is -2.28. The fourth-order valence-electron chi connectivity index (χ4n) is 2.24. The number of hydrogen-bond acceptors (Lipinski definition) is 4. The van der Waals surface area contributed by atoms with Crippen LogP contribution in [0, 0.1) is 0 Å². The van der Waals surface area contributed by atoms with E-state index in [1.807, 2.05) is 24.3 Å². The van der Waals surface area contributed by atoms with Gasteiger partial charge in [0.15, 0.2) is 0 Å². The number of aromatic nitrogens is 1. The maximum Gasteiger partial charge on any atom is 0.534 e. The van der Waals surface area contributed by atoms with Gasteiger partial charge < -0.3 is 4.18 Å². The molecule has 3 rings (SSSR count). The molecule has 124 valence electrons. The van der Waals surface area contributed by atoms with Crippen molar-refractivity contribution in [1.82, 2.24) is 4.98 Å². The Balaban J connectivity index is 1.95. The molecule has 0 radical (unpaired) electrons. The SMILES string of the molecule is O=S(=O)(Oc1ccc(-c2cccc3cnccc23)cc1)C(F)(F)F. The monoisotopic (exact) mass is 353 g/mol. The second kappa shape index (κ2) is 5.79. The molecule has 0 saturated heterocycles. The van der Waals surface area contributed by atoms with Crippen molar-refractivity contribution in [3.8, 4) is 16.9 Å². The average Bonchev–Trinajstić information content (AvgIpc) is 2.54. The summed E-state index contributed by atoms with van der Waals surface area (Å²) < 4.78 is 63.0. The zero-order valence-corrected chi connectivity index (χ0v) is 12.8. The first-order valence-corrected chi connectivity index (χ1v) is 8.13. The Kier molecular flexibility index (Phi) is 3.92. The summed E-state index contributed by atoms with van der Waals surface area (Å²) in [5.41, 5.74) is -3.91. The third kappa shape index (κ3) is 3.05. The maximum absolute atomic E-state index is 12.3. The first-order chi connectivity index (χ1) is 11.3. The molecule has 3 aromatic rings. The molecule has 8 heteroatoms. The fourth-order valence-corrected chi connectivity index (χ4v) is 2.70. The molecular formula is C16H10F3NO3S. The van der Waals surface area contributed by atoms with E-state index >= 15 is 0 Å². The number of nitrogens with zero attached hydrogens (tertiary/aromatic N) is 1. The average molecular weight is 353 g/mol. The summed E-state index contributed by atoms with van der Waals surface area (Å²) in [7, 11) is -5.67. The lowest BCUT2D eigenvalue weighted by molar-refractivity contribution is -0.0500. The van der Waals surface area contributed by atoms with E-state index in [9.17, 15) is 21.6 Å². The lowest BCUT2D eigenvalue weighted by atomic mass is 9.99. The third-order valence-electron chi connectivity index (χ3n) is 3.34. The standard InChI is InChI=1S/C16H10F3NO3S/c17-16(18,19)24(21,22)23-13-6-4-11(5-7-13)14-3-1-2-12-10-20-9-8-15(12)14/h1-10H. The number of rotatable bonds is 3. The fraction of sp³-hybridized carbons (Fsp3) is 0.0625. The van der Waals surface area contributed by atoms with Crippen LogP contribution in [0.1, 0.15) is 0 Å². The van der Waals surface area contributed by atoms with Gasteiger partial charge in [-0.3, -0.25) is 4.98 Å². The highest BCUT2D eigenvalue weighted by Crippen LogP contribution is 2.31. The van der Waals surface area contributed by atoms with E-state index in [-0.39, 0.29) is 0 Å². The second-order valence-corrected chi connectivity index (χ2v) is 6.45. The first-order valence-electron chi connectivity index (χ1n) is 6.72. The highest BCUT2D eigenvalue weighted by molar-refractivity contribution is 7.88. The Bertz CT molecular complexity index is 978. The normalized spacial score (nSPS) is 12.3. The maximum atomic E-state index is 12.3. The molecule has 0 aliphatic heterocycles. The van der Waals surface area contributed by atoms with Gasteiger partial charge in [-0.05, 0) is 34.7 Å². The largest absolute Gasteiger partial charge is 0.534 e. The van der Waals surface area contributed by atoms with E-state index in [0.29, 0.717) is 5.56 Å². The molecule has 0 bridgehead atoms. The van der Waals surface area contributed by atoms with Crippen molar-refractivity contribution in [2.75, 3.05) is 0 Å². The molecule has 4 nitrogen and oxygen atoms in total. The van der Waals surface area contributed by atoms with Gasteiger partial charge in [-0.25, -0.2) is 0 Å². The van der Waals surface area contributed by atoms with Crippen molar-refractivity contribution < 1.29 is 25.8 Å². The minimum atomic E-state index is -5.67. The summed E-state index contributed by atoms with van der Waals surface area (Å²) in [4.78, 5) is 4.03. The van der Waals surface area contributed by atoms with E-state index < -0.39 is 21.4 Å². The second-order valence-electron chi connectivity index (χ2n) is 4.91. The van der Waals surface area contributed by atoms with E-state index in [2.05, 4.69) is 9.17 Å². The number of fused-ring (bicyclic) bond motifs is 1. The predicted molar refractivity (Wildman–Crippen MR) is 82.8 cm³/mol. The van der Waals surface area contributed by atoms with Crippen molar-refractivity contribution in [1.29, 1.82) is 0 Å². The molecule has 0 aliphatic carbocycles. The number of hydrogen-bond donors (Lipinski definition) is 0. The van der Waals surface area contributed by atoms with Gasteiger partial charge in [0.2, 0.25) is 0 Å². The quantitative estimate of drug-likeness (QED) is 0.525. The summed E-state index contributed by atoms with van der Waals surface area (Å²) >= 11 is 0. The van der Waals surface area contributed by atoms with Gasteiger partial charge in [0.1, 0.15) is 5.75 Å². The Morgan fingerprint density at radius 3 is 2.33 bits per heavy atom. The molecule has 2 aromatic carbocycles. The molecule has 0 N–H and O–H groups in total. The molecule has 1 heterocycles. The summed E-state index contributed by atoms with van der Waals surface area (Å²) in [6, 6.07) is 12.7. The molecule has 0 fully saturated rings. The van der Waals surface area contributed by atoms with Crippen molar-refractivity contribution in [3.63, 3.8) is 0 Å². The molecule has 0 atom stereocenters. The van der Waals surface area contributed by atoms with Crippen molar-refractivity contribution in [3.05, 3.63) is 60.9 Å². The van der Waals surface area contributed by atoms with Crippen LogP contribution in [-0.4, -0.2) is 18.9 Å². The predicted octanol–water partition coefficient (Wildman–Crippen LogP) is 4.13. The van der Waals surface area contributed by atoms with Gasteiger partial charge >= 0.3 is 15.6 Å². The summed E-state index contributed by atoms with van der Waals surface area (Å²) in [6.45, 7) is 0. The number of benzene rings is 2. The number of halogens is 3. The van der Waals surface area contributed by atoms with Crippen LogP contribution in [-0.2, 0) is 10.1 Å². The van der Waals surface area contributed by atoms with Crippen LogP contribution in [0.15, 0.2) is 60.9 Å².